The van der Waals surface area contributed by atoms with Gasteiger partial charge in [0.15, 0.2) is 0 Å². The highest BCUT2D eigenvalue weighted by Crippen LogP contribution is 2.35. The average Bonchev–Trinajstić information content (AvgIpc) is 2.97. The van der Waals surface area contributed by atoms with Gasteiger partial charge in [0.1, 0.15) is 5.75 Å². The zero-order chi connectivity index (χ0) is 19.3. The molecule has 0 radical (unpaired) electrons. The standard InChI is InChI=1S/C24H30N2O2/c1-28-20-11-7-8-18(16-20)17-23(27)26-15-6-5-12-22-24(26)21(13-14-25-22)19-9-3-2-4-10-19/h2-4,7-11,16,21-22,24-25H,5-6,12-15,17H2,1H3/t21-,22-,24-/m1/s1. The third kappa shape index (κ3) is 4.07. The number of nitrogens with one attached hydrogen (secondary N) is 1. The molecule has 0 spiro atoms. The van der Waals surface area contributed by atoms with Gasteiger partial charge >= 0.3 is 0 Å². The Morgan fingerprint density at radius 1 is 1.11 bits per heavy atom. The molecule has 4 nitrogen and oxygen atoms in total. The number of hydrogen-bond acceptors (Lipinski definition) is 3. The lowest BCUT2D eigenvalue weighted by Crippen LogP contribution is -2.58. The first-order valence-corrected chi connectivity index (χ1v) is 10.5. The van der Waals surface area contributed by atoms with Gasteiger partial charge in [0.25, 0.3) is 0 Å². The molecule has 28 heavy (non-hydrogen) atoms. The Bertz CT molecular complexity index is 792. The summed E-state index contributed by atoms with van der Waals surface area (Å²) in [5.74, 6) is 1.44. The van der Waals surface area contributed by atoms with Crippen molar-refractivity contribution in [2.75, 3.05) is 20.2 Å². The molecule has 4 rings (SSSR count). The predicted molar refractivity (Wildman–Crippen MR) is 112 cm³/mol. The number of ether oxygens (including phenoxy) is 1. The van der Waals surface area contributed by atoms with Gasteiger partial charge in [-0.15, -0.1) is 0 Å². The molecule has 2 aromatic rings. The Balaban J connectivity index is 1.60. The van der Waals surface area contributed by atoms with Gasteiger partial charge in [-0.2, -0.15) is 0 Å². The topological polar surface area (TPSA) is 41.6 Å². The molecular weight excluding hydrogens is 348 g/mol. The first-order chi connectivity index (χ1) is 13.8. The number of carbonyl (C=O) groups excluding carboxylic acids is 1. The van der Waals surface area contributed by atoms with E-state index in [1.165, 1.54) is 12.0 Å². The van der Waals surface area contributed by atoms with Crippen molar-refractivity contribution in [2.45, 2.75) is 50.1 Å². The average molecular weight is 379 g/mol. The van der Waals surface area contributed by atoms with Gasteiger partial charge in [0.05, 0.1) is 19.6 Å². The molecule has 2 fully saturated rings. The van der Waals surface area contributed by atoms with E-state index >= 15 is 0 Å². The number of likely N-dealkylation sites (tertiary alicyclic amines) is 1. The van der Waals surface area contributed by atoms with Crippen molar-refractivity contribution < 1.29 is 9.53 Å². The summed E-state index contributed by atoms with van der Waals surface area (Å²) < 4.78 is 5.33. The van der Waals surface area contributed by atoms with Crippen LogP contribution in [0.2, 0.25) is 0 Å². The molecule has 2 aliphatic rings. The molecule has 0 bridgehead atoms. The summed E-state index contributed by atoms with van der Waals surface area (Å²) >= 11 is 0. The summed E-state index contributed by atoms with van der Waals surface area (Å²) in [6.07, 6.45) is 4.92. The zero-order valence-corrected chi connectivity index (χ0v) is 16.6. The third-order valence-electron chi connectivity index (χ3n) is 6.25. The maximum absolute atomic E-state index is 13.4. The van der Waals surface area contributed by atoms with Crippen LogP contribution in [-0.2, 0) is 11.2 Å². The van der Waals surface area contributed by atoms with Crippen LogP contribution < -0.4 is 10.1 Å². The summed E-state index contributed by atoms with van der Waals surface area (Å²) in [6, 6.07) is 19.2. The van der Waals surface area contributed by atoms with E-state index < -0.39 is 0 Å². The van der Waals surface area contributed by atoms with Crippen molar-refractivity contribution in [3.05, 3.63) is 65.7 Å². The van der Waals surface area contributed by atoms with E-state index in [0.29, 0.717) is 18.4 Å². The minimum Gasteiger partial charge on any atom is -0.497 e. The number of rotatable bonds is 4. The summed E-state index contributed by atoms with van der Waals surface area (Å²) in [4.78, 5) is 15.6. The lowest BCUT2D eigenvalue weighted by molar-refractivity contribution is -0.134. The molecule has 1 amide bonds. The summed E-state index contributed by atoms with van der Waals surface area (Å²) in [6.45, 7) is 1.88. The van der Waals surface area contributed by atoms with E-state index in [2.05, 4.69) is 40.5 Å². The number of piperidine rings is 1. The lowest BCUT2D eigenvalue weighted by Gasteiger charge is -2.44. The molecule has 2 saturated heterocycles. The van der Waals surface area contributed by atoms with E-state index in [1.54, 1.807) is 7.11 Å². The first kappa shape index (κ1) is 19.0. The number of benzene rings is 2. The number of nitrogens with zero attached hydrogens (tertiary/aromatic N) is 1. The highest BCUT2D eigenvalue weighted by molar-refractivity contribution is 5.79. The van der Waals surface area contributed by atoms with Crippen LogP contribution in [0, 0.1) is 0 Å². The Morgan fingerprint density at radius 2 is 1.96 bits per heavy atom. The van der Waals surface area contributed by atoms with E-state index in [0.717, 1.165) is 43.7 Å². The SMILES string of the molecule is COc1cccc(CC(=O)N2CCCC[C@H]3NCC[C@H](c4ccccc4)[C@H]32)c1. The molecule has 2 aliphatic heterocycles. The molecule has 4 heteroatoms. The Kier molecular flexibility index (Phi) is 5.96. The van der Waals surface area contributed by atoms with Crippen LogP contribution in [0.5, 0.6) is 5.75 Å². The first-order valence-electron chi connectivity index (χ1n) is 10.5. The van der Waals surface area contributed by atoms with E-state index in [4.69, 9.17) is 4.74 Å². The maximum Gasteiger partial charge on any atom is 0.227 e. The van der Waals surface area contributed by atoms with Gasteiger partial charge in [-0.3, -0.25) is 4.79 Å². The quantitative estimate of drug-likeness (QED) is 0.881. The van der Waals surface area contributed by atoms with Crippen molar-refractivity contribution in [1.82, 2.24) is 10.2 Å². The highest BCUT2D eigenvalue weighted by atomic mass is 16.5. The van der Waals surface area contributed by atoms with Gasteiger partial charge in [0.2, 0.25) is 5.91 Å². The second kappa shape index (κ2) is 8.78. The Hall–Kier alpha value is -2.33. The summed E-state index contributed by atoms with van der Waals surface area (Å²) in [5.41, 5.74) is 2.38. The number of fused-ring (bicyclic) bond motifs is 1. The summed E-state index contributed by atoms with van der Waals surface area (Å²) in [5, 5.41) is 3.71. The molecule has 148 valence electrons. The minimum atomic E-state index is 0.231. The zero-order valence-electron chi connectivity index (χ0n) is 16.6. The van der Waals surface area contributed by atoms with Gasteiger partial charge in [0, 0.05) is 18.5 Å². The van der Waals surface area contributed by atoms with Crippen LogP contribution in [0.15, 0.2) is 54.6 Å². The third-order valence-corrected chi connectivity index (χ3v) is 6.25. The fourth-order valence-corrected chi connectivity index (χ4v) is 4.91. The van der Waals surface area contributed by atoms with Crippen LogP contribution in [0.4, 0.5) is 0 Å². The second-order valence-electron chi connectivity index (χ2n) is 7.97. The van der Waals surface area contributed by atoms with Gasteiger partial charge in [-0.1, -0.05) is 48.9 Å². The van der Waals surface area contributed by atoms with Crippen LogP contribution in [0.3, 0.4) is 0 Å². The minimum absolute atomic E-state index is 0.231. The van der Waals surface area contributed by atoms with E-state index in [-0.39, 0.29) is 11.9 Å². The monoisotopic (exact) mass is 378 g/mol. The molecule has 0 saturated carbocycles. The van der Waals surface area contributed by atoms with Crippen molar-refractivity contribution >= 4 is 5.91 Å². The van der Waals surface area contributed by atoms with E-state index in [9.17, 15) is 4.79 Å². The highest BCUT2D eigenvalue weighted by Gasteiger charge is 2.40. The Labute approximate surface area is 167 Å². The molecule has 0 aromatic heterocycles. The summed E-state index contributed by atoms with van der Waals surface area (Å²) in [7, 11) is 1.67. The number of hydrogen-bond donors (Lipinski definition) is 1. The van der Waals surface area contributed by atoms with Crippen molar-refractivity contribution in [3.8, 4) is 5.75 Å². The molecule has 0 aliphatic carbocycles. The second-order valence-corrected chi connectivity index (χ2v) is 7.97. The molecule has 2 aromatic carbocycles. The van der Waals surface area contributed by atoms with Crippen LogP contribution in [-0.4, -0.2) is 43.1 Å². The fourth-order valence-electron chi connectivity index (χ4n) is 4.91. The van der Waals surface area contributed by atoms with Gasteiger partial charge in [-0.05, 0) is 49.1 Å². The Morgan fingerprint density at radius 3 is 2.79 bits per heavy atom. The number of methoxy groups -OCH3 is 1. The molecule has 3 atom stereocenters. The fraction of sp³-hybridized carbons (Fsp3) is 0.458. The smallest absolute Gasteiger partial charge is 0.227 e. The van der Waals surface area contributed by atoms with Gasteiger partial charge < -0.3 is 15.0 Å². The normalized spacial score (nSPS) is 24.9. The lowest BCUT2D eigenvalue weighted by atomic mass is 9.80. The van der Waals surface area contributed by atoms with E-state index in [1.807, 2.05) is 24.3 Å². The molecule has 1 N–H and O–H groups in total. The van der Waals surface area contributed by atoms with Crippen LogP contribution in [0.25, 0.3) is 0 Å². The van der Waals surface area contributed by atoms with Crippen LogP contribution >= 0.6 is 0 Å². The van der Waals surface area contributed by atoms with Gasteiger partial charge in [-0.25, -0.2) is 0 Å². The molecule has 2 heterocycles. The number of carbonyl (C=O) groups is 1. The largest absolute Gasteiger partial charge is 0.497 e. The van der Waals surface area contributed by atoms with Crippen molar-refractivity contribution in [2.24, 2.45) is 0 Å². The van der Waals surface area contributed by atoms with Crippen LogP contribution in [0.1, 0.15) is 42.7 Å². The predicted octanol–water partition coefficient (Wildman–Crippen LogP) is 3.76. The molecular formula is C24H30N2O2. The maximum atomic E-state index is 13.4. The molecule has 0 unspecified atom stereocenters. The van der Waals surface area contributed by atoms with Crippen molar-refractivity contribution in [3.63, 3.8) is 0 Å². The number of amides is 1. The van der Waals surface area contributed by atoms with Crippen molar-refractivity contribution in [1.29, 1.82) is 0 Å².